The van der Waals surface area contributed by atoms with Crippen LogP contribution in [0.4, 0.5) is 4.39 Å². The van der Waals surface area contributed by atoms with Gasteiger partial charge in [-0.25, -0.2) is 14.2 Å². The lowest BCUT2D eigenvalue weighted by Gasteiger charge is -2.07. The van der Waals surface area contributed by atoms with E-state index in [9.17, 15) is 14.3 Å². The Morgan fingerprint density at radius 1 is 1.39 bits per heavy atom. The summed E-state index contributed by atoms with van der Waals surface area (Å²) >= 11 is 5.75. The maximum Gasteiger partial charge on any atom is 0.336 e. The quantitative estimate of drug-likeness (QED) is 0.902. The van der Waals surface area contributed by atoms with Crippen LogP contribution in [0, 0.1) is 5.82 Å². The summed E-state index contributed by atoms with van der Waals surface area (Å²) in [6.45, 7) is 0. The van der Waals surface area contributed by atoms with Gasteiger partial charge in [-0.05, 0) is 31.0 Å². The SMILES string of the molecule is O=C(O)c1cc(C2CC2)nc2c(F)cc(Cl)cc12. The molecule has 0 atom stereocenters. The topological polar surface area (TPSA) is 50.2 Å². The van der Waals surface area contributed by atoms with E-state index in [2.05, 4.69) is 4.98 Å². The summed E-state index contributed by atoms with van der Waals surface area (Å²) in [5, 5.41) is 9.61. The summed E-state index contributed by atoms with van der Waals surface area (Å²) < 4.78 is 13.8. The first-order valence-electron chi connectivity index (χ1n) is 5.59. The van der Waals surface area contributed by atoms with Gasteiger partial charge in [0.05, 0.1) is 5.56 Å². The normalized spacial score (nSPS) is 15.0. The van der Waals surface area contributed by atoms with Crippen LogP contribution in [0.3, 0.4) is 0 Å². The van der Waals surface area contributed by atoms with Gasteiger partial charge in [0.25, 0.3) is 0 Å². The Morgan fingerprint density at radius 2 is 2.11 bits per heavy atom. The molecule has 0 spiro atoms. The second-order valence-corrected chi connectivity index (χ2v) is 4.89. The first kappa shape index (κ1) is 11.4. The van der Waals surface area contributed by atoms with Crippen molar-refractivity contribution < 1.29 is 14.3 Å². The second kappa shape index (κ2) is 3.92. The molecule has 92 valence electrons. The Bertz CT molecular complexity index is 668. The number of hydrogen-bond acceptors (Lipinski definition) is 2. The summed E-state index contributed by atoms with van der Waals surface area (Å²) in [5.41, 5.74) is 0.797. The van der Waals surface area contributed by atoms with Gasteiger partial charge in [0.2, 0.25) is 0 Å². The maximum absolute atomic E-state index is 13.8. The lowest BCUT2D eigenvalue weighted by atomic mass is 10.1. The molecule has 1 aromatic carbocycles. The van der Waals surface area contributed by atoms with E-state index < -0.39 is 11.8 Å². The molecule has 3 nitrogen and oxygen atoms in total. The van der Waals surface area contributed by atoms with E-state index >= 15 is 0 Å². The molecule has 0 bridgehead atoms. The van der Waals surface area contributed by atoms with Crippen LogP contribution in [-0.2, 0) is 0 Å². The number of nitrogens with zero attached hydrogens (tertiary/aromatic N) is 1. The highest BCUT2D eigenvalue weighted by Crippen LogP contribution is 2.40. The van der Waals surface area contributed by atoms with Crippen LogP contribution in [0.1, 0.15) is 34.8 Å². The Morgan fingerprint density at radius 3 is 2.72 bits per heavy atom. The molecule has 2 aromatic rings. The third kappa shape index (κ3) is 1.82. The Labute approximate surface area is 107 Å². The molecule has 1 saturated carbocycles. The second-order valence-electron chi connectivity index (χ2n) is 4.46. The highest BCUT2D eigenvalue weighted by molar-refractivity contribution is 6.31. The standard InChI is InChI=1S/C13H9ClFNO2/c14-7-3-8-9(13(17)18)5-11(6-1-2-6)16-12(8)10(15)4-7/h3-6H,1-2H2,(H,17,18). The summed E-state index contributed by atoms with van der Waals surface area (Å²) in [6, 6.07) is 4.12. The number of aromatic carboxylic acids is 1. The predicted octanol–water partition coefficient (Wildman–Crippen LogP) is 3.60. The molecule has 1 heterocycles. The minimum Gasteiger partial charge on any atom is -0.478 e. The van der Waals surface area contributed by atoms with E-state index in [0.717, 1.165) is 18.9 Å². The first-order valence-corrected chi connectivity index (χ1v) is 5.97. The number of carbonyl (C=O) groups is 1. The van der Waals surface area contributed by atoms with Crippen molar-refractivity contribution in [1.82, 2.24) is 4.98 Å². The molecular weight excluding hydrogens is 257 g/mol. The van der Waals surface area contributed by atoms with Gasteiger partial charge in [-0.1, -0.05) is 11.6 Å². The molecule has 1 aromatic heterocycles. The fraction of sp³-hybridized carbons (Fsp3) is 0.231. The Balaban J connectivity index is 2.37. The van der Waals surface area contributed by atoms with Gasteiger partial charge in [0.1, 0.15) is 5.52 Å². The molecule has 1 fully saturated rings. The molecule has 0 amide bonds. The largest absolute Gasteiger partial charge is 0.478 e. The molecule has 1 aliphatic rings. The zero-order valence-corrected chi connectivity index (χ0v) is 10.0. The maximum atomic E-state index is 13.8. The number of halogens is 2. The van der Waals surface area contributed by atoms with Crippen molar-refractivity contribution in [3.63, 3.8) is 0 Å². The van der Waals surface area contributed by atoms with E-state index in [1.54, 1.807) is 0 Å². The fourth-order valence-electron chi connectivity index (χ4n) is 2.04. The van der Waals surface area contributed by atoms with Crippen molar-refractivity contribution in [2.45, 2.75) is 18.8 Å². The summed E-state index contributed by atoms with van der Waals surface area (Å²) in [4.78, 5) is 15.5. The fourth-order valence-corrected chi connectivity index (χ4v) is 2.24. The van der Waals surface area contributed by atoms with Gasteiger partial charge < -0.3 is 5.11 Å². The van der Waals surface area contributed by atoms with Crippen molar-refractivity contribution in [3.8, 4) is 0 Å². The molecule has 3 rings (SSSR count). The first-order chi connectivity index (χ1) is 8.56. The Kier molecular flexibility index (Phi) is 2.48. The van der Waals surface area contributed by atoms with E-state index in [0.29, 0.717) is 5.69 Å². The van der Waals surface area contributed by atoms with Crippen molar-refractivity contribution in [1.29, 1.82) is 0 Å². The number of carboxylic acid groups (broad SMARTS) is 1. The molecule has 1 N–H and O–H groups in total. The number of fused-ring (bicyclic) bond motifs is 1. The molecular formula is C13H9ClFNO2. The number of aromatic nitrogens is 1. The zero-order valence-electron chi connectivity index (χ0n) is 9.28. The van der Waals surface area contributed by atoms with Crippen LogP contribution in [0.2, 0.25) is 5.02 Å². The summed E-state index contributed by atoms with van der Waals surface area (Å²) in [7, 11) is 0. The molecule has 18 heavy (non-hydrogen) atoms. The third-order valence-corrected chi connectivity index (χ3v) is 3.30. The van der Waals surface area contributed by atoms with Crippen LogP contribution in [0.15, 0.2) is 18.2 Å². The van der Waals surface area contributed by atoms with Gasteiger partial charge in [-0.2, -0.15) is 0 Å². The molecule has 0 radical (unpaired) electrons. The van der Waals surface area contributed by atoms with Gasteiger partial charge in [-0.15, -0.1) is 0 Å². The van der Waals surface area contributed by atoms with E-state index in [1.807, 2.05) is 0 Å². The van der Waals surface area contributed by atoms with Crippen molar-refractivity contribution in [3.05, 3.63) is 40.3 Å². The van der Waals surface area contributed by atoms with Crippen LogP contribution < -0.4 is 0 Å². The van der Waals surface area contributed by atoms with Crippen LogP contribution in [-0.4, -0.2) is 16.1 Å². The van der Waals surface area contributed by atoms with Crippen molar-refractivity contribution in [2.24, 2.45) is 0 Å². The number of carboxylic acids is 1. The van der Waals surface area contributed by atoms with Crippen LogP contribution >= 0.6 is 11.6 Å². The van der Waals surface area contributed by atoms with E-state index in [-0.39, 0.29) is 27.4 Å². The average molecular weight is 266 g/mol. The summed E-state index contributed by atoms with van der Waals surface area (Å²) in [5.74, 6) is -1.41. The van der Waals surface area contributed by atoms with Gasteiger partial charge in [0.15, 0.2) is 5.82 Å². The third-order valence-electron chi connectivity index (χ3n) is 3.08. The monoisotopic (exact) mass is 265 g/mol. The molecule has 5 heteroatoms. The van der Waals surface area contributed by atoms with Crippen LogP contribution in [0.25, 0.3) is 10.9 Å². The molecule has 0 aliphatic heterocycles. The molecule has 0 saturated heterocycles. The highest BCUT2D eigenvalue weighted by atomic mass is 35.5. The van der Waals surface area contributed by atoms with Crippen molar-refractivity contribution >= 4 is 28.5 Å². The molecule has 0 unspecified atom stereocenters. The van der Waals surface area contributed by atoms with E-state index in [1.165, 1.54) is 12.1 Å². The van der Waals surface area contributed by atoms with Gasteiger partial charge in [-0.3, -0.25) is 0 Å². The average Bonchev–Trinajstić information content (AvgIpc) is 3.11. The molecule has 1 aliphatic carbocycles. The number of rotatable bonds is 2. The van der Waals surface area contributed by atoms with Gasteiger partial charge >= 0.3 is 5.97 Å². The number of hydrogen-bond donors (Lipinski definition) is 1. The van der Waals surface area contributed by atoms with Crippen molar-refractivity contribution in [2.75, 3.05) is 0 Å². The lowest BCUT2D eigenvalue weighted by Crippen LogP contribution is -2.02. The Hall–Kier alpha value is -1.68. The minimum atomic E-state index is -1.09. The number of pyridine rings is 1. The summed E-state index contributed by atoms with van der Waals surface area (Å²) in [6.07, 6.45) is 1.96. The predicted molar refractivity (Wildman–Crippen MR) is 65.6 cm³/mol. The van der Waals surface area contributed by atoms with E-state index in [4.69, 9.17) is 11.6 Å². The highest BCUT2D eigenvalue weighted by Gasteiger charge is 2.27. The lowest BCUT2D eigenvalue weighted by molar-refractivity contribution is 0.0699. The van der Waals surface area contributed by atoms with Crippen LogP contribution in [0.5, 0.6) is 0 Å². The zero-order chi connectivity index (χ0) is 12.9. The smallest absolute Gasteiger partial charge is 0.336 e. The van der Waals surface area contributed by atoms with Gasteiger partial charge in [0, 0.05) is 22.0 Å². The number of benzene rings is 1. The minimum absolute atomic E-state index is 0.0586.